The van der Waals surface area contributed by atoms with Crippen molar-refractivity contribution in [3.05, 3.63) is 5.82 Å². The molecule has 8 heteroatoms. The average molecular weight is 305 g/mol. The highest BCUT2D eigenvalue weighted by atomic mass is 35.5. The first-order valence-corrected chi connectivity index (χ1v) is 7.00. The minimum atomic E-state index is -0.139. The molecule has 20 heavy (non-hydrogen) atoms. The summed E-state index contributed by atoms with van der Waals surface area (Å²) in [4.78, 5) is 11.8. The van der Waals surface area contributed by atoms with Gasteiger partial charge in [-0.05, 0) is 25.8 Å². The van der Waals surface area contributed by atoms with Crippen molar-refractivity contribution in [3.8, 4) is 0 Å². The summed E-state index contributed by atoms with van der Waals surface area (Å²) in [5.41, 5.74) is 5.42. The molecule has 0 bridgehead atoms. The Bertz CT molecular complexity index is 346. The molecule has 0 aliphatic rings. The summed E-state index contributed by atoms with van der Waals surface area (Å²) in [7, 11) is 0. The zero-order valence-electron chi connectivity index (χ0n) is 12.0. The van der Waals surface area contributed by atoms with Gasteiger partial charge in [0.15, 0.2) is 5.82 Å². The van der Waals surface area contributed by atoms with Crippen molar-refractivity contribution >= 4 is 18.3 Å². The predicted molar refractivity (Wildman–Crippen MR) is 79.4 cm³/mol. The molecule has 1 aromatic rings. The van der Waals surface area contributed by atoms with Crippen molar-refractivity contribution in [3.63, 3.8) is 0 Å². The van der Waals surface area contributed by atoms with Crippen molar-refractivity contribution in [2.75, 3.05) is 6.54 Å². The van der Waals surface area contributed by atoms with Crippen LogP contribution in [0.5, 0.6) is 0 Å². The Morgan fingerprint density at radius 1 is 1.35 bits per heavy atom. The zero-order valence-corrected chi connectivity index (χ0v) is 12.8. The molecule has 7 nitrogen and oxygen atoms in total. The first-order chi connectivity index (χ1) is 9.27. The summed E-state index contributed by atoms with van der Waals surface area (Å²) in [5.74, 6) is 0.606. The molecule has 1 unspecified atom stereocenters. The molecule has 0 radical (unpaired) electrons. The number of rotatable bonds is 10. The number of amides is 1. The lowest BCUT2D eigenvalue weighted by molar-refractivity contribution is -0.122. The van der Waals surface area contributed by atoms with Crippen LogP contribution in [0.15, 0.2) is 0 Å². The number of nitrogens with one attached hydrogen (secondary N) is 2. The van der Waals surface area contributed by atoms with Crippen molar-refractivity contribution in [2.24, 2.45) is 5.73 Å². The van der Waals surface area contributed by atoms with Crippen LogP contribution < -0.4 is 11.1 Å². The lowest BCUT2D eigenvalue weighted by Gasteiger charge is -2.14. The molecule has 0 saturated carbocycles. The van der Waals surface area contributed by atoms with E-state index in [9.17, 15) is 4.79 Å². The van der Waals surface area contributed by atoms with Gasteiger partial charge in [0.2, 0.25) is 5.91 Å². The van der Waals surface area contributed by atoms with E-state index in [2.05, 4.69) is 32.9 Å². The van der Waals surface area contributed by atoms with Gasteiger partial charge in [-0.3, -0.25) is 4.79 Å². The Morgan fingerprint density at radius 2 is 2.10 bits per heavy atom. The van der Waals surface area contributed by atoms with Gasteiger partial charge in [-0.2, -0.15) is 5.21 Å². The van der Waals surface area contributed by atoms with Crippen LogP contribution >= 0.6 is 12.4 Å². The van der Waals surface area contributed by atoms with Crippen LogP contribution in [0.25, 0.3) is 0 Å². The van der Waals surface area contributed by atoms with E-state index in [1.807, 2.05) is 0 Å². The van der Waals surface area contributed by atoms with E-state index >= 15 is 0 Å². The molecule has 0 saturated heterocycles. The monoisotopic (exact) mass is 304 g/mol. The van der Waals surface area contributed by atoms with Gasteiger partial charge in [0.1, 0.15) is 0 Å². The largest absolute Gasteiger partial charge is 0.346 e. The molecule has 1 heterocycles. The standard InChI is InChI=1S/C12H24N6O.ClH/c1-2-7-10(12-15-17-18-16-12)14-11(19)8-5-3-4-6-9-13;/h10H,2-9,13H2,1H3,(H,14,19)(H,15,16,17,18);1H. The Balaban J connectivity index is 0.00000361. The van der Waals surface area contributed by atoms with E-state index in [-0.39, 0.29) is 24.4 Å². The van der Waals surface area contributed by atoms with Crippen molar-refractivity contribution in [1.29, 1.82) is 0 Å². The Labute approximate surface area is 125 Å². The minimum Gasteiger partial charge on any atom is -0.346 e. The van der Waals surface area contributed by atoms with Crippen molar-refractivity contribution in [2.45, 2.75) is 57.9 Å². The number of carbonyl (C=O) groups is 1. The fourth-order valence-electron chi connectivity index (χ4n) is 1.92. The highest BCUT2D eigenvalue weighted by Crippen LogP contribution is 2.13. The summed E-state index contributed by atoms with van der Waals surface area (Å²) >= 11 is 0. The van der Waals surface area contributed by atoms with Gasteiger partial charge in [-0.25, -0.2) is 0 Å². The summed E-state index contributed by atoms with van der Waals surface area (Å²) in [6.07, 6.45) is 6.38. The second kappa shape index (κ2) is 11.6. The summed E-state index contributed by atoms with van der Waals surface area (Å²) in [5, 5.41) is 16.8. The van der Waals surface area contributed by atoms with Gasteiger partial charge in [0.05, 0.1) is 6.04 Å². The smallest absolute Gasteiger partial charge is 0.220 e. The lowest BCUT2D eigenvalue weighted by Crippen LogP contribution is -2.29. The molecule has 0 aliphatic carbocycles. The molecule has 1 aromatic heterocycles. The molecular formula is C12H25ClN6O. The third-order valence-corrected chi connectivity index (χ3v) is 2.94. The number of hydrogen-bond donors (Lipinski definition) is 3. The van der Waals surface area contributed by atoms with Crippen LogP contribution in [0.3, 0.4) is 0 Å². The Hall–Kier alpha value is -1.21. The second-order valence-electron chi connectivity index (χ2n) is 4.63. The van der Waals surface area contributed by atoms with Crippen LogP contribution in [0.4, 0.5) is 0 Å². The van der Waals surface area contributed by atoms with E-state index in [4.69, 9.17) is 5.73 Å². The summed E-state index contributed by atoms with van der Waals surface area (Å²) < 4.78 is 0. The van der Waals surface area contributed by atoms with Gasteiger partial charge in [-0.15, -0.1) is 22.6 Å². The van der Waals surface area contributed by atoms with Gasteiger partial charge < -0.3 is 11.1 Å². The minimum absolute atomic E-state index is 0. The first kappa shape index (κ1) is 18.8. The highest BCUT2D eigenvalue weighted by Gasteiger charge is 2.17. The van der Waals surface area contributed by atoms with Crippen LogP contribution in [0.1, 0.15) is 63.7 Å². The molecule has 4 N–H and O–H groups in total. The number of nitrogens with zero attached hydrogens (tertiary/aromatic N) is 3. The number of nitrogens with two attached hydrogens (primary N) is 1. The third-order valence-electron chi connectivity index (χ3n) is 2.94. The maximum absolute atomic E-state index is 11.8. The molecule has 0 aliphatic heterocycles. The van der Waals surface area contributed by atoms with Gasteiger partial charge >= 0.3 is 0 Å². The molecule has 1 atom stereocenters. The second-order valence-corrected chi connectivity index (χ2v) is 4.63. The van der Waals surface area contributed by atoms with Crippen LogP contribution in [-0.2, 0) is 4.79 Å². The van der Waals surface area contributed by atoms with E-state index in [0.717, 1.165) is 45.1 Å². The lowest BCUT2D eigenvalue weighted by atomic mass is 10.1. The van der Waals surface area contributed by atoms with Crippen LogP contribution in [-0.4, -0.2) is 33.1 Å². The molecule has 1 rings (SSSR count). The number of hydrogen-bond acceptors (Lipinski definition) is 5. The fourth-order valence-corrected chi connectivity index (χ4v) is 1.92. The van der Waals surface area contributed by atoms with E-state index in [1.165, 1.54) is 0 Å². The maximum Gasteiger partial charge on any atom is 0.220 e. The van der Waals surface area contributed by atoms with Crippen molar-refractivity contribution in [1.82, 2.24) is 25.9 Å². The molecular weight excluding hydrogens is 280 g/mol. The van der Waals surface area contributed by atoms with Crippen LogP contribution in [0, 0.1) is 0 Å². The number of tetrazole rings is 1. The first-order valence-electron chi connectivity index (χ1n) is 7.00. The Morgan fingerprint density at radius 3 is 2.70 bits per heavy atom. The number of unbranched alkanes of at least 4 members (excludes halogenated alkanes) is 3. The summed E-state index contributed by atoms with van der Waals surface area (Å²) in [6.45, 7) is 2.79. The molecule has 116 valence electrons. The number of aromatic amines is 1. The normalized spacial score (nSPS) is 11.7. The highest BCUT2D eigenvalue weighted by molar-refractivity contribution is 5.85. The molecule has 1 amide bonds. The molecule has 0 spiro atoms. The maximum atomic E-state index is 11.8. The number of H-pyrrole nitrogens is 1. The van der Waals surface area contributed by atoms with E-state index < -0.39 is 0 Å². The third kappa shape index (κ3) is 7.40. The SMILES string of the molecule is CCCC(NC(=O)CCCCCCN)c1nn[nH]n1.Cl. The van der Waals surface area contributed by atoms with Gasteiger partial charge in [0, 0.05) is 6.42 Å². The fraction of sp³-hybridized carbons (Fsp3) is 0.833. The predicted octanol–water partition coefficient (Wildman–Crippen LogP) is 1.49. The summed E-state index contributed by atoms with van der Waals surface area (Å²) in [6, 6.07) is -0.139. The van der Waals surface area contributed by atoms with E-state index in [1.54, 1.807) is 0 Å². The molecule has 0 aromatic carbocycles. The quantitative estimate of drug-likeness (QED) is 0.567. The van der Waals surface area contributed by atoms with Crippen molar-refractivity contribution < 1.29 is 4.79 Å². The number of halogens is 1. The number of aromatic nitrogens is 4. The molecule has 0 fully saturated rings. The van der Waals surface area contributed by atoms with Crippen LogP contribution in [0.2, 0.25) is 0 Å². The Kier molecular flexibility index (Phi) is 10.9. The topological polar surface area (TPSA) is 110 Å². The zero-order chi connectivity index (χ0) is 13.9. The average Bonchev–Trinajstić information content (AvgIpc) is 2.92. The van der Waals surface area contributed by atoms with Gasteiger partial charge in [-0.1, -0.05) is 31.4 Å². The van der Waals surface area contributed by atoms with E-state index in [0.29, 0.717) is 12.2 Å². The number of carbonyl (C=O) groups excluding carboxylic acids is 1. The van der Waals surface area contributed by atoms with Gasteiger partial charge in [0.25, 0.3) is 0 Å².